The minimum absolute atomic E-state index is 0.217. The zero-order valence-electron chi connectivity index (χ0n) is 17.1. The zero-order valence-corrected chi connectivity index (χ0v) is 18.7. The summed E-state index contributed by atoms with van der Waals surface area (Å²) in [5, 5.41) is 11.7. The lowest BCUT2D eigenvalue weighted by Gasteiger charge is -2.11. The molecule has 0 fully saturated rings. The van der Waals surface area contributed by atoms with Crippen molar-refractivity contribution in [3.05, 3.63) is 81.1 Å². The molecule has 1 N–H and O–H groups in total. The topological polar surface area (TPSA) is 68.5 Å². The predicted octanol–water partition coefficient (Wildman–Crippen LogP) is 4.75. The first-order chi connectivity index (χ1) is 14.4. The SMILES string of the molecule is Cc1ccccc1Cn1nc(C)c(NC(=O)[C@@H]2CC(c3cccc(Br)c3)=NO2)c1C. The molecule has 2 heterocycles. The smallest absolute Gasteiger partial charge is 0.268 e. The lowest BCUT2D eigenvalue weighted by molar-refractivity contribution is -0.125. The molecule has 1 aliphatic rings. The van der Waals surface area contributed by atoms with Crippen LogP contribution in [0.3, 0.4) is 0 Å². The zero-order chi connectivity index (χ0) is 21.3. The summed E-state index contributed by atoms with van der Waals surface area (Å²) in [6.07, 6.45) is -0.227. The van der Waals surface area contributed by atoms with Crippen molar-refractivity contribution in [2.75, 3.05) is 5.32 Å². The van der Waals surface area contributed by atoms with Crippen LogP contribution in [0.15, 0.2) is 58.2 Å². The molecule has 2 aromatic carbocycles. The number of hydrogen-bond acceptors (Lipinski definition) is 4. The molecule has 3 aromatic rings. The van der Waals surface area contributed by atoms with Gasteiger partial charge in [0.1, 0.15) is 0 Å². The molecule has 1 aliphatic heterocycles. The van der Waals surface area contributed by atoms with E-state index in [-0.39, 0.29) is 5.91 Å². The van der Waals surface area contributed by atoms with Crippen LogP contribution in [0.2, 0.25) is 0 Å². The standard InChI is InChI=1S/C23H23BrN4O2/c1-14-7-4-5-8-18(14)13-28-16(3)22(15(2)26-28)25-23(29)21-12-20(27-30-21)17-9-6-10-19(24)11-17/h4-11,21H,12-13H2,1-3H3,(H,25,29)/t21-/m0/s1. The lowest BCUT2D eigenvalue weighted by Crippen LogP contribution is -2.28. The maximum absolute atomic E-state index is 12.8. The van der Waals surface area contributed by atoms with Gasteiger partial charge in [-0.2, -0.15) is 5.10 Å². The first-order valence-electron chi connectivity index (χ1n) is 9.80. The highest BCUT2D eigenvalue weighted by atomic mass is 79.9. The fourth-order valence-corrected chi connectivity index (χ4v) is 3.94. The Bertz CT molecular complexity index is 1140. The van der Waals surface area contributed by atoms with E-state index < -0.39 is 6.10 Å². The van der Waals surface area contributed by atoms with Gasteiger partial charge in [-0.15, -0.1) is 0 Å². The van der Waals surface area contributed by atoms with Crippen LogP contribution in [0.25, 0.3) is 0 Å². The van der Waals surface area contributed by atoms with E-state index in [0.29, 0.717) is 13.0 Å². The fourth-order valence-electron chi connectivity index (χ4n) is 3.54. The van der Waals surface area contributed by atoms with Gasteiger partial charge in [-0.3, -0.25) is 9.48 Å². The van der Waals surface area contributed by atoms with Crippen molar-refractivity contribution in [3.8, 4) is 0 Å². The van der Waals surface area contributed by atoms with E-state index in [2.05, 4.69) is 50.6 Å². The van der Waals surface area contributed by atoms with Crippen molar-refractivity contribution in [1.29, 1.82) is 0 Å². The molecule has 7 heteroatoms. The molecular formula is C23H23BrN4O2. The van der Waals surface area contributed by atoms with Gasteiger partial charge in [-0.1, -0.05) is 57.5 Å². The number of hydrogen-bond donors (Lipinski definition) is 1. The number of rotatable bonds is 5. The van der Waals surface area contributed by atoms with Crippen molar-refractivity contribution in [3.63, 3.8) is 0 Å². The summed E-state index contributed by atoms with van der Waals surface area (Å²) in [5.41, 5.74) is 6.54. The molecule has 6 nitrogen and oxygen atoms in total. The second kappa shape index (κ2) is 8.44. The summed E-state index contributed by atoms with van der Waals surface area (Å²) < 4.78 is 2.88. The number of aryl methyl sites for hydroxylation is 2. The Kier molecular flexibility index (Phi) is 5.72. The van der Waals surface area contributed by atoms with Gasteiger partial charge in [-0.05, 0) is 44.0 Å². The van der Waals surface area contributed by atoms with Crippen LogP contribution < -0.4 is 5.32 Å². The molecule has 1 amide bonds. The summed E-state index contributed by atoms with van der Waals surface area (Å²) in [5.74, 6) is -0.217. The van der Waals surface area contributed by atoms with E-state index in [1.165, 1.54) is 11.1 Å². The molecule has 0 aliphatic carbocycles. The number of carbonyl (C=O) groups excluding carboxylic acids is 1. The van der Waals surface area contributed by atoms with Crippen LogP contribution in [-0.2, 0) is 16.2 Å². The highest BCUT2D eigenvalue weighted by molar-refractivity contribution is 9.10. The Morgan fingerprint density at radius 2 is 2.00 bits per heavy atom. The van der Waals surface area contributed by atoms with Crippen LogP contribution in [0.4, 0.5) is 5.69 Å². The van der Waals surface area contributed by atoms with Gasteiger partial charge < -0.3 is 10.2 Å². The minimum atomic E-state index is -0.655. The Morgan fingerprint density at radius 3 is 2.77 bits per heavy atom. The predicted molar refractivity (Wildman–Crippen MR) is 121 cm³/mol. The molecule has 0 saturated heterocycles. The number of anilines is 1. The van der Waals surface area contributed by atoms with E-state index in [4.69, 9.17) is 4.84 Å². The molecule has 4 rings (SSSR count). The second-order valence-electron chi connectivity index (χ2n) is 7.47. The molecule has 1 aromatic heterocycles. The molecule has 0 saturated carbocycles. The Hall–Kier alpha value is -2.93. The van der Waals surface area contributed by atoms with Gasteiger partial charge >= 0.3 is 0 Å². The number of benzene rings is 2. The van der Waals surface area contributed by atoms with Crippen molar-refractivity contribution < 1.29 is 9.63 Å². The number of aromatic nitrogens is 2. The quantitative estimate of drug-likeness (QED) is 0.589. The van der Waals surface area contributed by atoms with E-state index in [1.54, 1.807) is 0 Å². The van der Waals surface area contributed by atoms with Crippen LogP contribution in [0.5, 0.6) is 0 Å². The third-order valence-corrected chi connectivity index (χ3v) is 5.82. The number of nitrogens with one attached hydrogen (secondary N) is 1. The van der Waals surface area contributed by atoms with E-state index in [9.17, 15) is 4.79 Å². The van der Waals surface area contributed by atoms with Crippen molar-refractivity contribution in [2.45, 2.75) is 39.8 Å². The Morgan fingerprint density at radius 1 is 1.20 bits per heavy atom. The monoisotopic (exact) mass is 466 g/mol. The fraction of sp³-hybridized carbons (Fsp3) is 0.261. The van der Waals surface area contributed by atoms with Crippen LogP contribution >= 0.6 is 15.9 Å². The molecule has 30 heavy (non-hydrogen) atoms. The first-order valence-corrected chi connectivity index (χ1v) is 10.6. The largest absolute Gasteiger partial charge is 0.382 e. The third kappa shape index (κ3) is 4.16. The number of nitrogens with zero attached hydrogens (tertiary/aromatic N) is 3. The summed E-state index contributed by atoms with van der Waals surface area (Å²) in [6, 6.07) is 16.0. The maximum atomic E-state index is 12.8. The van der Waals surface area contributed by atoms with E-state index in [0.717, 1.165) is 32.8 Å². The average molecular weight is 467 g/mol. The van der Waals surface area contributed by atoms with Crippen molar-refractivity contribution in [1.82, 2.24) is 9.78 Å². The highest BCUT2D eigenvalue weighted by Gasteiger charge is 2.30. The molecule has 0 bridgehead atoms. The number of halogens is 1. The Balaban J connectivity index is 1.45. The maximum Gasteiger partial charge on any atom is 0.268 e. The van der Waals surface area contributed by atoms with Crippen molar-refractivity contribution >= 4 is 33.2 Å². The molecule has 0 spiro atoms. The normalized spacial score (nSPS) is 15.6. The van der Waals surface area contributed by atoms with Gasteiger partial charge in [0.2, 0.25) is 6.10 Å². The molecule has 0 unspecified atom stereocenters. The summed E-state index contributed by atoms with van der Waals surface area (Å²) in [7, 11) is 0. The van der Waals surface area contributed by atoms with Gasteiger partial charge in [0.15, 0.2) is 0 Å². The lowest BCUT2D eigenvalue weighted by atomic mass is 10.0. The Labute approximate surface area is 184 Å². The number of oxime groups is 1. The summed E-state index contributed by atoms with van der Waals surface area (Å²) >= 11 is 3.46. The average Bonchev–Trinajstić information content (AvgIpc) is 3.31. The molecular weight excluding hydrogens is 444 g/mol. The van der Waals surface area contributed by atoms with Crippen LogP contribution in [-0.4, -0.2) is 27.5 Å². The molecule has 0 radical (unpaired) electrons. The molecule has 1 atom stereocenters. The van der Waals surface area contributed by atoms with Gasteiger partial charge in [0.05, 0.1) is 29.3 Å². The van der Waals surface area contributed by atoms with Gasteiger partial charge in [-0.25, -0.2) is 0 Å². The summed E-state index contributed by atoms with van der Waals surface area (Å²) in [4.78, 5) is 18.3. The van der Waals surface area contributed by atoms with Gasteiger partial charge in [0.25, 0.3) is 5.91 Å². The van der Waals surface area contributed by atoms with Gasteiger partial charge in [0, 0.05) is 16.5 Å². The number of amides is 1. The van der Waals surface area contributed by atoms with E-state index in [1.807, 2.05) is 54.9 Å². The minimum Gasteiger partial charge on any atom is -0.382 e. The second-order valence-corrected chi connectivity index (χ2v) is 8.38. The van der Waals surface area contributed by atoms with Crippen LogP contribution in [0, 0.1) is 20.8 Å². The highest BCUT2D eigenvalue weighted by Crippen LogP contribution is 2.24. The number of carbonyl (C=O) groups is 1. The van der Waals surface area contributed by atoms with Crippen molar-refractivity contribution in [2.24, 2.45) is 5.16 Å². The van der Waals surface area contributed by atoms with E-state index >= 15 is 0 Å². The third-order valence-electron chi connectivity index (χ3n) is 5.33. The van der Waals surface area contributed by atoms with Crippen LogP contribution in [0.1, 0.15) is 34.5 Å². The molecule has 154 valence electrons. The first kappa shape index (κ1) is 20.3. The summed E-state index contributed by atoms with van der Waals surface area (Å²) in [6.45, 7) is 6.61.